The Kier molecular flexibility index (Phi) is 7.45. The van der Waals surface area contributed by atoms with Gasteiger partial charge >= 0.3 is 0 Å². The Morgan fingerprint density at radius 2 is 2.00 bits per heavy atom. The van der Waals surface area contributed by atoms with Crippen LogP contribution in [0.3, 0.4) is 0 Å². The number of carbonyl (C=O) groups excluding carboxylic acids is 2. The lowest BCUT2D eigenvalue weighted by atomic mass is 10.0. The van der Waals surface area contributed by atoms with Crippen molar-refractivity contribution in [3.8, 4) is 0 Å². The van der Waals surface area contributed by atoms with E-state index in [4.69, 9.17) is 4.74 Å². The van der Waals surface area contributed by atoms with Gasteiger partial charge in [-0.3, -0.25) is 14.5 Å². The van der Waals surface area contributed by atoms with Gasteiger partial charge in [0.05, 0.1) is 13.2 Å². The second kappa shape index (κ2) is 10.0. The summed E-state index contributed by atoms with van der Waals surface area (Å²) in [5.41, 5.74) is 1.83. The van der Waals surface area contributed by atoms with Crippen molar-refractivity contribution in [3.05, 3.63) is 35.4 Å². The number of rotatable bonds is 6. The highest BCUT2D eigenvalue weighted by Gasteiger charge is 2.29. The third kappa shape index (κ3) is 5.55. The normalized spacial score (nSPS) is 20.8. The van der Waals surface area contributed by atoms with Crippen LogP contribution in [-0.2, 0) is 9.53 Å². The number of benzene rings is 1. The van der Waals surface area contributed by atoms with Gasteiger partial charge in [0.1, 0.15) is 0 Å². The molecule has 28 heavy (non-hydrogen) atoms. The van der Waals surface area contributed by atoms with Crippen molar-refractivity contribution in [1.29, 1.82) is 0 Å². The Balaban J connectivity index is 1.56. The molecule has 1 aromatic carbocycles. The molecule has 0 N–H and O–H groups in total. The molecular formula is C22H33N3O3. The zero-order chi connectivity index (χ0) is 19.9. The molecule has 6 heteroatoms. The van der Waals surface area contributed by atoms with Crippen LogP contribution in [0.4, 0.5) is 0 Å². The van der Waals surface area contributed by atoms with Crippen LogP contribution in [0, 0.1) is 6.92 Å². The zero-order valence-electron chi connectivity index (χ0n) is 17.2. The van der Waals surface area contributed by atoms with Gasteiger partial charge in [-0.15, -0.1) is 0 Å². The Labute approximate surface area is 168 Å². The number of likely N-dealkylation sites (tertiary alicyclic amines) is 1. The summed E-state index contributed by atoms with van der Waals surface area (Å²) in [5.74, 6) is 0.182. The standard InChI is InChI=1S/C22H33N3O3/c1-18-6-3-7-20(16-18)22(27)24-10-4-8-21(17-24)25(19(2)26)11-5-9-23-12-14-28-15-13-23/h3,6-7,16,21H,4-5,8-15,17H2,1-2H3. The summed E-state index contributed by atoms with van der Waals surface area (Å²) in [4.78, 5) is 31.5. The molecule has 0 aromatic heterocycles. The highest BCUT2D eigenvalue weighted by Crippen LogP contribution is 2.19. The Bertz CT molecular complexity index is 673. The lowest BCUT2D eigenvalue weighted by Gasteiger charge is -2.39. The van der Waals surface area contributed by atoms with E-state index < -0.39 is 0 Å². The smallest absolute Gasteiger partial charge is 0.253 e. The number of piperidine rings is 1. The van der Waals surface area contributed by atoms with Gasteiger partial charge in [0.15, 0.2) is 0 Å². The van der Waals surface area contributed by atoms with E-state index in [1.54, 1.807) is 6.92 Å². The zero-order valence-corrected chi connectivity index (χ0v) is 17.2. The van der Waals surface area contributed by atoms with E-state index in [9.17, 15) is 9.59 Å². The topological polar surface area (TPSA) is 53.1 Å². The van der Waals surface area contributed by atoms with E-state index in [-0.39, 0.29) is 17.9 Å². The van der Waals surface area contributed by atoms with Gasteiger partial charge in [0.25, 0.3) is 5.91 Å². The van der Waals surface area contributed by atoms with E-state index >= 15 is 0 Å². The molecule has 1 atom stereocenters. The number of nitrogens with zero attached hydrogens (tertiary/aromatic N) is 3. The highest BCUT2D eigenvalue weighted by molar-refractivity contribution is 5.94. The van der Waals surface area contributed by atoms with Crippen molar-refractivity contribution in [1.82, 2.24) is 14.7 Å². The Morgan fingerprint density at radius 3 is 2.71 bits per heavy atom. The van der Waals surface area contributed by atoms with E-state index in [0.29, 0.717) is 6.54 Å². The number of morpholine rings is 1. The number of carbonyl (C=O) groups is 2. The van der Waals surface area contributed by atoms with Crippen LogP contribution >= 0.6 is 0 Å². The maximum Gasteiger partial charge on any atom is 0.253 e. The molecule has 3 rings (SSSR count). The fourth-order valence-corrected chi connectivity index (χ4v) is 4.24. The lowest BCUT2D eigenvalue weighted by molar-refractivity contribution is -0.132. The SMILES string of the molecule is CC(=O)N(CCCN1CCOCC1)C1CCCN(C(=O)c2cccc(C)c2)C1. The fourth-order valence-electron chi connectivity index (χ4n) is 4.24. The van der Waals surface area contributed by atoms with Gasteiger partial charge in [0, 0.05) is 57.8 Å². The first-order valence-corrected chi connectivity index (χ1v) is 10.5. The van der Waals surface area contributed by atoms with Crippen molar-refractivity contribution in [2.45, 2.75) is 39.2 Å². The molecule has 0 spiro atoms. The third-order valence-electron chi connectivity index (χ3n) is 5.77. The molecule has 0 saturated carbocycles. The molecule has 2 aliphatic heterocycles. The molecule has 2 heterocycles. The minimum Gasteiger partial charge on any atom is -0.379 e. The van der Waals surface area contributed by atoms with Crippen molar-refractivity contribution in [3.63, 3.8) is 0 Å². The maximum absolute atomic E-state index is 12.9. The second-order valence-corrected chi connectivity index (χ2v) is 7.94. The molecule has 0 bridgehead atoms. The van der Waals surface area contributed by atoms with Gasteiger partial charge < -0.3 is 14.5 Å². The van der Waals surface area contributed by atoms with E-state index in [2.05, 4.69) is 4.90 Å². The molecule has 1 aromatic rings. The quantitative estimate of drug-likeness (QED) is 0.751. The minimum absolute atomic E-state index is 0.0743. The average molecular weight is 388 g/mol. The number of aryl methyl sites for hydroxylation is 1. The van der Waals surface area contributed by atoms with E-state index in [1.165, 1.54) is 0 Å². The van der Waals surface area contributed by atoms with Gasteiger partial charge in [-0.25, -0.2) is 0 Å². The van der Waals surface area contributed by atoms with Crippen LogP contribution in [-0.4, -0.2) is 85.0 Å². The molecule has 6 nitrogen and oxygen atoms in total. The molecule has 1 unspecified atom stereocenters. The monoisotopic (exact) mass is 387 g/mol. The molecular weight excluding hydrogens is 354 g/mol. The van der Waals surface area contributed by atoms with Gasteiger partial charge in [-0.2, -0.15) is 0 Å². The van der Waals surface area contributed by atoms with Gasteiger partial charge in [-0.1, -0.05) is 17.7 Å². The first kappa shape index (κ1) is 20.8. The summed E-state index contributed by atoms with van der Waals surface area (Å²) >= 11 is 0. The average Bonchev–Trinajstić information content (AvgIpc) is 2.71. The van der Waals surface area contributed by atoms with Crippen LogP contribution in [0.15, 0.2) is 24.3 Å². The van der Waals surface area contributed by atoms with Crippen LogP contribution in [0.1, 0.15) is 42.1 Å². The molecule has 2 fully saturated rings. The molecule has 2 aliphatic rings. The fraction of sp³-hybridized carbons (Fsp3) is 0.636. The van der Waals surface area contributed by atoms with Crippen LogP contribution in [0.25, 0.3) is 0 Å². The number of amides is 2. The largest absolute Gasteiger partial charge is 0.379 e. The van der Waals surface area contributed by atoms with E-state index in [0.717, 1.165) is 76.3 Å². The predicted octanol–water partition coefficient (Wildman–Crippen LogP) is 2.17. The summed E-state index contributed by atoms with van der Waals surface area (Å²) in [6.45, 7) is 10.3. The van der Waals surface area contributed by atoms with Crippen molar-refractivity contribution in [2.75, 3.05) is 52.5 Å². The van der Waals surface area contributed by atoms with Crippen LogP contribution in [0.5, 0.6) is 0 Å². The Morgan fingerprint density at radius 1 is 1.21 bits per heavy atom. The first-order valence-electron chi connectivity index (χ1n) is 10.5. The van der Waals surface area contributed by atoms with Gasteiger partial charge in [0.2, 0.25) is 5.91 Å². The molecule has 0 radical (unpaired) electrons. The molecule has 2 amide bonds. The maximum atomic E-state index is 12.9. The first-order chi connectivity index (χ1) is 13.5. The number of ether oxygens (including phenoxy) is 1. The highest BCUT2D eigenvalue weighted by atomic mass is 16.5. The van der Waals surface area contributed by atoms with Crippen molar-refractivity contribution in [2.24, 2.45) is 0 Å². The number of hydrogen-bond donors (Lipinski definition) is 0. The summed E-state index contributed by atoms with van der Waals surface area (Å²) in [6, 6.07) is 7.87. The Hall–Kier alpha value is -1.92. The van der Waals surface area contributed by atoms with E-state index in [1.807, 2.05) is 41.0 Å². The molecule has 0 aliphatic carbocycles. The summed E-state index contributed by atoms with van der Waals surface area (Å²) in [5, 5.41) is 0. The van der Waals surface area contributed by atoms with Crippen LogP contribution < -0.4 is 0 Å². The summed E-state index contributed by atoms with van der Waals surface area (Å²) < 4.78 is 5.39. The van der Waals surface area contributed by atoms with Crippen LogP contribution in [0.2, 0.25) is 0 Å². The predicted molar refractivity (Wildman–Crippen MR) is 109 cm³/mol. The van der Waals surface area contributed by atoms with Crippen molar-refractivity contribution < 1.29 is 14.3 Å². The third-order valence-corrected chi connectivity index (χ3v) is 5.77. The minimum atomic E-state index is 0.0743. The van der Waals surface area contributed by atoms with Gasteiger partial charge in [-0.05, 0) is 38.3 Å². The van der Waals surface area contributed by atoms with Crippen molar-refractivity contribution >= 4 is 11.8 Å². The number of hydrogen-bond acceptors (Lipinski definition) is 4. The molecule has 154 valence electrons. The lowest BCUT2D eigenvalue weighted by Crippen LogP contribution is -2.51. The molecule has 2 saturated heterocycles. The summed E-state index contributed by atoms with van der Waals surface area (Å²) in [6.07, 6.45) is 2.87. The summed E-state index contributed by atoms with van der Waals surface area (Å²) in [7, 11) is 0. The second-order valence-electron chi connectivity index (χ2n) is 7.94.